The zero-order valence-electron chi connectivity index (χ0n) is 25.7. The molecular formula is C31H44O11. The van der Waals surface area contributed by atoms with Gasteiger partial charge in [-0.2, -0.15) is 0 Å². The minimum absolute atomic E-state index is 0.0000482. The van der Waals surface area contributed by atoms with Crippen LogP contribution in [-0.2, 0) is 52.4 Å². The zero-order valence-corrected chi connectivity index (χ0v) is 25.7. The maximum atomic E-state index is 13.3. The summed E-state index contributed by atoms with van der Waals surface area (Å²) in [5, 5.41) is 0. The van der Waals surface area contributed by atoms with Crippen molar-refractivity contribution in [2.75, 3.05) is 19.8 Å². The van der Waals surface area contributed by atoms with Crippen LogP contribution in [-0.4, -0.2) is 73.6 Å². The Balaban J connectivity index is 1.89. The summed E-state index contributed by atoms with van der Waals surface area (Å²) < 4.78 is 35.2. The highest BCUT2D eigenvalue weighted by Gasteiger charge is 2.77. The molecule has 0 aromatic carbocycles. The Morgan fingerprint density at radius 3 is 2.31 bits per heavy atom. The molecule has 9 atom stereocenters. The topological polar surface area (TPSA) is 144 Å². The average molecular weight is 593 g/mol. The molecule has 0 bridgehead atoms. The van der Waals surface area contributed by atoms with Gasteiger partial charge in [0.1, 0.15) is 37.1 Å². The second-order valence-corrected chi connectivity index (χ2v) is 12.8. The van der Waals surface area contributed by atoms with Gasteiger partial charge in [0.05, 0.1) is 17.9 Å². The molecule has 0 radical (unpaired) electrons. The average Bonchev–Trinajstić information content (AvgIpc) is 3.56. The van der Waals surface area contributed by atoms with Gasteiger partial charge in [-0.3, -0.25) is 19.2 Å². The Hall–Kier alpha value is -2.95. The van der Waals surface area contributed by atoms with Crippen LogP contribution in [0.25, 0.3) is 0 Å². The number of esters is 5. The number of hydrogen-bond donors (Lipinski definition) is 0. The second kappa shape index (κ2) is 12.0. The van der Waals surface area contributed by atoms with Gasteiger partial charge in [-0.1, -0.05) is 27.7 Å². The summed E-state index contributed by atoms with van der Waals surface area (Å²) in [6.45, 7) is 12.1. The highest BCUT2D eigenvalue weighted by atomic mass is 16.6. The first-order valence-electron chi connectivity index (χ1n) is 14.9. The number of carbonyl (C=O) groups excluding carboxylic acids is 5. The van der Waals surface area contributed by atoms with Crippen molar-refractivity contribution in [1.29, 1.82) is 0 Å². The van der Waals surface area contributed by atoms with Crippen molar-refractivity contribution in [3.63, 3.8) is 0 Å². The van der Waals surface area contributed by atoms with Gasteiger partial charge in [-0.15, -0.1) is 0 Å². The molecule has 1 spiro atoms. The van der Waals surface area contributed by atoms with Crippen LogP contribution in [0.3, 0.4) is 0 Å². The monoisotopic (exact) mass is 592 g/mol. The third-order valence-corrected chi connectivity index (χ3v) is 10.2. The molecule has 2 aliphatic carbocycles. The lowest BCUT2D eigenvalue weighted by Gasteiger charge is -2.64. The van der Waals surface area contributed by atoms with Crippen LogP contribution in [0.5, 0.6) is 0 Å². The fourth-order valence-electron chi connectivity index (χ4n) is 7.70. The zero-order chi connectivity index (χ0) is 31.0. The predicted molar refractivity (Wildman–Crippen MR) is 146 cm³/mol. The number of fused-ring (bicyclic) bond motifs is 2. The first-order chi connectivity index (χ1) is 19.7. The van der Waals surface area contributed by atoms with E-state index in [1.165, 1.54) is 26.8 Å². The van der Waals surface area contributed by atoms with Gasteiger partial charge in [0, 0.05) is 38.3 Å². The van der Waals surface area contributed by atoms with Gasteiger partial charge < -0.3 is 28.4 Å². The van der Waals surface area contributed by atoms with E-state index in [-0.39, 0.29) is 37.4 Å². The van der Waals surface area contributed by atoms with Crippen LogP contribution in [0.15, 0.2) is 11.6 Å². The molecule has 0 unspecified atom stereocenters. The van der Waals surface area contributed by atoms with Gasteiger partial charge in [-0.05, 0) is 43.4 Å². The number of epoxide rings is 1. The molecular weight excluding hydrogens is 548 g/mol. The van der Waals surface area contributed by atoms with Gasteiger partial charge in [0.25, 0.3) is 0 Å². The van der Waals surface area contributed by atoms with Crippen LogP contribution >= 0.6 is 0 Å². The predicted octanol–water partition coefficient (Wildman–Crippen LogP) is 3.46. The van der Waals surface area contributed by atoms with Crippen molar-refractivity contribution in [2.24, 2.45) is 28.6 Å². The van der Waals surface area contributed by atoms with Gasteiger partial charge in [0.15, 0.2) is 0 Å². The van der Waals surface area contributed by atoms with Gasteiger partial charge >= 0.3 is 29.8 Å². The highest BCUT2D eigenvalue weighted by Crippen LogP contribution is 2.70. The maximum absolute atomic E-state index is 13.3. The Morgan fingerprint density at radius 2 is 1.79 bits per heavy atom. The van der Waals surface area contributed by atoms with E-state index < -0.39 is 64.5 Å². The van der Waals surface area contributed by atoms with E-state index in [0.29, 0.717) is 37.9 Å². The summed E-state index contributed by atoms with van der Waals surface area (Å²) in [4.78, 5) is 62.3. The molecule has 11 nitrogen and oxygen atoms in total. The van der Waals surface area contributed by atoms with E-state index in [4.69, 9.17) is 28.4 Å². The van der Waals surface area contributed by atoms with Crippen molar-refractivity contribution in [3.8, 4) is 0 Å². The van der Waals surface area contributed by atoms with Crippen molar-refractivity contribution < 1.29 is 52.4 Å². The van der Waals surface area contributed by atoms with Crippen LogP contribution in [0.2, 0.25) is 0 Å². The first kappa shape index (κ1) is 32.0. The maximum Gasteiger partial charge on any atom is 0.331 e. The number of hydrogen-bond acceptors (Lipinski definition) is 11. The molecule has 0 N–H and O–H groups in total. The van der Waals surface area contributed by atoms with E-state index >= 15 is 0 Å². The fraction of sp³-hybridized carbons (Fsp3) is 0.774. The van der Waals surface area contributed by atoms with Crippen LogP contribution in [0.1, 0.15) is 80.6 Å². The third-order valence-electron chi connectivity index (χ3n) is 10.2. The summed E-state index contributed by atoms with van der Waals surface area (Å²) in [5.74, 6) is -3.34. The molecule has 234 valence electrons. The normalized spacial score (nSPS) is 36.5. The largest absolute Gasteiger partial charge is 0.465 e. The van der Waals surface area contributed by atoms with Crippen molar-refractivity contribution in [2.45, 2.75) is 104 Å². The molecule has 11 heteroatoms. The van der Waals surface area contributed by atoms with E-state index in [1.54, 1.807) is 0 Å². The number of ether oxygens (including phenoxy) is 6. The van der Waals surface area contributed by atoms with Crippen LogP contribution in [0, 0.1) is 28.6 Å². The van der Waals surface area contributed by atoms with Crippen LogP contribution < -0.4 is 0 Å². The molecule has 42 heavy (non-hydrogen) atoms. The Labute approximate surface area is 246 Å². The van der Waals surface area contributed by atoms with Crippen LogP contribution in [0.4, 0.5) is 0 Å². The summed E-state index contributed by atoms with van der Waals surface area (Å²) in [7, 11) is 0. The summed E-state index contributed by atoms with van der Waals surface area (Å²) in [6.07, 6.45) is 1.53. The minimum atomic E-state index is -1.05. The highest BCUT2D eigenvalue weighted by molar-refractivity contribution is 5.85. The molecule has 1 saturated heterocycles. The van der Waals surface area contributed by atoms with E-state index in [0.717, 1.165) is 0 Å². The lowest BCUT2D eigenvalue weighted by molar-refractivity contribution is -0.260. The molecule has 4 rings (SSSR count). The number of rotatable bonds is 10. The lowest BCUT2D eigenvalue weighted by Crippen LogP contribution is -2.71. The minimum Gasteiger partial charge on any atom is -0.465 e. The standard InChI is InChI=1S/C31H44O11/c1-8-17(2)28(36)42-23-9-10-30(15-39-30)31(16-38-19(4)32)25(41-21(6)34)11-18(3)29(7,27(23)31)13-24(40-20(5)33)22-12-26(35)37-14-22/h12,17-18,23-25,27H,8-11,13-16H2,1-7H3/t17-,18-,23-,24+,25+,27-,29+,30+,31-/m1/s1. The SMILES string of the molecule is CC[C@@H](C)C(=O)O[C@@H]1CC[C@]2(CO2)[C@]2(COC(C)=O)[C@@H](OC(C)=O)C[C@@H](C)[C@](C)(C[C@H](OC(C)=O)C3=CC(=O)OC3)[C@@H]12. The molecule has 2 heterocycles. The number of cyclic esters (lactones) is 1. The summed E-state index contributed by atoms with van der Waals surface area (Å²) in [5.41, 5.74) is -2.01. The fourth-order valence-corrected chi connectivity index (χ4v) is 7.70. The molecule has 3 fully saturated rings. The molecule has 2 saturated carbocycles. The summed E-state index contributed by atoms with van der Waals surface area (Å²) in [6, 6.07) is 0. The Kier molecular flexibility index (Phi) is 9.11. The van der Waals surface area contributed by atoms with Gasteiger partial charge in [-0.25, -0.2) is 4.79 Å². The Bertz CT molecular complexity index is 1140. The van der Waals surface area contributed by atoms with Crippen molar-refractivity contribution >= 4 is 29.8 Å². The smallest absolute Gasteiger partial charge is 0.331 e. The third kappa shape index (κ3) is 5.81. The lowest BCUT2D eigenvalue weighted by atomic mass is 9.42. The first-order valence-corrected chi connectivity index (χ1v) is 14.9. The summed E-state index contributed by atoms with van der Waals surface area (Å²) >= 11 is 0. The Morgan fingerprint density at radius 1 is 1.10 bits per heavy atom. The van der Waals surface area contributed by atoms with E-state index in [2.05, 4.69) is 6.92 Å². The quantitative estimate of drug-likeness (QED) is 0.209. The van der Waals surface area contributed by atoms with Gasteiger partial charge in [0.2, 0.25) is 0 Å². The van der Waals surface area contributed by atoms with E-state index in [9.17, 15) is 24.0 Å². The molecule has 2 aliphatic heterocycles. The second-order valence-electron chi connectivity index (χ2n) is 12.8. The number of carbonyl (C=O) groups is 5. The molecule has 0 aromatic rings. The van der Waals surface area contributed by atoms with Crippen molar-refractivity contribution in [1.82, 2.24) is 0 Å². The van der Waals surface area contributed by atoms with Crippen molar-refractivity contribution in [3.05, 3.63) is 11.6 Å². The molecule has 0 aromatic heterocycles. The molecule has 0 amide bonds. The van der Waals surface area contributed by atoms with E-state index in [1.807, 2.05) is 20.8 Å². The molecule has 4 aliphatic rings.